The Labute approximate surface area is 119 Å². The predicted molar refractivity (Wildman–Crippen MR) is 82.6 cm³/mol. The molecule has 0 radical (unpaired) electrons. The highest BCUT2D eigenvalue weighted by atomic mass is 14.9. The molecule has 2 heteroatoms. The van der Waals surface area contributed by atoms with Gasteiger partial charge in [0.05, 0.1) is 0 Å². The number of aromatic nitrogens is 2. The fourth-order valence-corrected chi connectivity index (χ4v) is 2.47. The van der Waals surface area contributed by atoms with E-state index in [1.165, 1.54) is 11.1 Å². The normalized spacial score (nSPS) is 10.7. The molecule has 1 heterocycles. The zero-order chi connectivity index (χ0) is 13.8. The van der Waals surface area contributed by atoms with Crippen molar-refractivity contribution >= 4 is 0 Å². The Kier molecular flexibility index (Phi) is 3.64. The molecule has 0 unspecified atom stereocenters. The monoisotopic (exact) mass is 262 g/mol. The highest BCUT2D eigenvalue weighted by Crippen LogP contribution is 2.18. The van der Waals surface area contributed by atoms with Gasteiger partial charge in [-0.15, -0.1) is 0 Å². The lowest BCUT2D eigenvalue weighted by molar-refractivity contribution is 1.03. The molecule has 2 nitrogen and oxygen atoms in total. The summed E-state index contributed by atoms with van der Waals surface area (Å²) < 4.78 is 0. The van der Waals surface area contributed by atoms with Crippen molar-refractivity contribution < 1.29 is 0 Å². The van der Waals surface area contributed by atoms with Crippen LogP contribution >= 0.6 is 0 Å². The average Bonchev–Trinajstić information content (AvgIpc) is 2.97. The van der Waals surface area contributed by atoms with Crippen LogP contribution in [0.1, 0.15) is 23.7 Å². The van der Waals surface area contributed by atoms with E-state index in [1.54, 1.807) is 0 Å². The second-order valence-corrected chi connectivity index (χ2v) is 4.92. The van der Waals surface area contributed by atoms with Crippen LogP contribution < -0.4 is 0 Å². The third kappa shape index (κ3) is 2.64. The van der Waals surface area contributed by atoms with Crippen LogP contribution in [0.2, 0.25) is 0 Å². The number of nitrogens with one attached hydrogen (secondary N) is 1. The van der Waals surface area contributed by atoms with Crippen LogP contribution in [0, 0.1) is 0 Å². The maximum Gasteiger partial charge on any atom is 0.137 e. The summed E-state index contributed by atoms with van der Waals surface area (Å²) in [6, 6.07) is 18.8. The Morgan fingerprint density at radius 3 is 2.35 bits per heavy atom. The van der Waals surface area contributed by atoms with Crippen molar-refractivity contribution in [2.24, 2.45) is 0 Å². The van der Waals surface area contributed by atoms with Crippen molar-refractivity contribution in [2.45, 2.75) is 19.8 Å². The number of hydrogen-bond acceptors (Lipinski definition) is 1. The van der Waals surface area contributed by atoms with E-state index >= 15 is 0 Å². The summed E-state index contributed by atoms with van der Waals surface area (Å²) in [5, 5.41) is 0. The molecule has 2 aromatic carbocycles. The van der Waals surface area contributed by atoms with Gasteiger partial charge in [-0.05, 0) is 17.5 Å². The average molecular weight is 262 g/mol. The quantitative estimate of drug-likeness (QED) is 0.749. The van der Waals surface area contributed by atoms with Crippen molar-refractivity contribution in [2.75, 3.05) is 0 Å². The highest BCUT2D eigenvalue weighted by molar-refractivity contribution is 5.54. The molecule has 0 saturated carbocycles. The van der Waals surface area contributed by atoms with Crippen LogP contribution in [0.25, 0.3) is 11.4 Å². The van der Waals surface area contributed by atoms with Gasteiger partial charge in [0.15, 0.2) is 0 Å². The SMILES string of the molecule is CCc1ccccc1Cc1cnc(-c2ccccc2)[nH]1. The number of H-pyrrole nitrogens is 1. The minimum Gasteiger partial charge on any atom is -0.342 e. The van der Waals surface area contributed by atoms with E-state index in [0.717, 1.165) is 29.9 Å². The van der Waals surface area contributed by atoms with Gasteiger partial charge in [-0.2, -0.15) is 0 Å². The molecule has 0 saturated heterocycles. The van der Waals surface area contributed by atoms with Gasteiger partial charge in [0.1, 0.15) is 5.82 Å². The Morgan fingerprint density at radius 1 is 0.900 bits per heavy atom. The number of hydrogen-bond donors (Lipinski definition) is 1. The Hall–Kier alpha value is -2.35. The minimum absolute atomic E-state index is 0.907. The Morgan fingerprint density at radius 2 is 1.60 bits per heavy atom. The van der Waals surface area contributed by atoms with E-state index < -0.39 is 0 Å². The molecule has 0 spiro atoms. The molecular formula is C18H18N2. The second-order valence-electron chi connectivity index (χ2n) is 4.92. The van der Waals surface area contributed by atoms with Crippen LogP contribution in [0.15, 0.2) is 60.8 Å². The van der Waals surface area contributed by atoms with Gasteiger partial charge in [0.2, 0.25) is 0 Å². The molecule has 0 atom stereocenters. The summed E-state index contributed by atoms with van der Waals surface area (Å²) in [5.41, 5.74) is 5.06. The van der Waals surface area contributed by atoms with E-state index in [0.29, 0.717) is 0 Å². The fourth-order valence-electron chi connectivity index (χ4n) is 2.47. The molecule has 0 aliphatic heterocycles. The standard InChI is InChI=1S/C18H18N2/c1-2-14-8-6-7-11-16(14)12-17-13-19-18(20-17)15-9-4-3-5-10-15/h3-11,13H,2,12H2,1H3,(H,19,20). The zero-order valence-corrected chi connectivity index (χ0v) is 11.6. The number of nitrogens with zero attached hydrogens (tertiary/aromatic N) is 1. The molecule has 20 heavy (non-hydrogen) atoms. The molecule has 3 aromatic rings. The van der Waals surface area contributed by atoms with Crippen molar-refractivity contribution in [3.05, 3.63) is 77.6 Å². The number of aromatic amines is 1. The smallest absolute Gasteiger partial charge is 0.137 e. The number of aryl methyl sites for hydroxylation is 1. The maximum atomic E-state index is 4.48. The first-order valence-electron chi connectivity index (χ1n) is 7.03. The van der Waals surface area contributed by atoms with Gasteiger partial charge in [-0.25, -0.2) is 4.98 Å². The first kappa shape index (κ1) is 12.7. The summed E-state index contributed by atoms with van der Waals surface area (Å²) >= 11 is 0. The largest absolute Gasteiger partial charge is 0.342 e. The summed E-state index contributed by atoms with van der Waals surface area (Å²) in [6.07, 6.45) is 3.91. The maximum absolute atomic E-state index is 4.48. The van der Waals surface area contributed by atoms with Crippen molar-refractivity contribution in [3.63, 3.8) is 0 Å². The second kappa shape index (κ2) is 5.74. The molecular weight excluding hydrogens is 244 g/mol. The topological polar surface area (TPSA) is 28.7 Å². The van der Waals surface area contributed by atoms with E-state index in [9.17, 15) is 0 Å². The van der Waals surface area contributed by atoms with Crippen LogP contribution in [0.3, 0.4) is 0 Å². The summed E-state index contributed by atoms with van der Waals surface area (Å²) in [7, 11) is 0. The van der Waals surface area contributed by atoms with Crippen LogP contribution in [0.4, 0.5) is 0 Å². The minimum atomic E-state index is 0.907. The number of rotatable bonds is 4. The van der Waals surface area contributed by atoms with Gasteiger partial charge in [0.25, 0.3) is 0 Å². The third-order valence-electron chi connectivity index (χ3n) is 3.56. The van der Waals surface area contributed by atoms with Gasteiger partial charge in [0, 0.05) is 23.9 Å². The Balaban J connectivity index is 1.84. The molecule has 3 rings (SSSR count). The molecule has 0 bridgehead atoms. The molecule has 1 aromatic heterocycles. The lowest BCUT2D eigenvalue weighted by Crippen LogP contribution is -1.94. The van der Waals surface area contributed by atoms with E-state index in [-0.39, 0.29) is 0 Å². The van der Waals surface area contributed by atoms with Crippen molar-refractivity contribution in [1.29, 1.82) is 0 Å². The van der Waals surface area contributed by atoms with Gasteiger partial charge in [-0.3, -0.25) is 0 Å². The summed E-state index contributed by atoms with van der Waals surface area (Å²) in [5.74, 6) is 0.939. The van der Waals surface area contributed by atoms with Crippen molar-refractivity contribution in [3.8, 4) is 11.4 Å². The zero-order valence-electron chi connectivity index (χ0n) is 11.6. The van der Waals surface area contributed by atoms with Crippen molar-refractivity contribution in [1.82, 2.24) is 9.97 Å². The summed E-state index contributed by atoms with van der Waals surface area (Å²) in [6.45, 7) is 2.20. The first-order valence-corrected chi connectivity index (χ1v) is 7.03. The van der Waals surface area contributed by atoms with Gasteiger partial charge in [-0.1, -0.05) is 61.5 Å². The molecule has 0 aliphatic carbocycles. The van der Waals surface area contributed by atoms with E-state index in [4.69, 9.17) is 0 Å². The summed E-state index contributed by atoms with van der Waals surface area (Å²) in [4.78, 5) is 7.90. The van der Waals surface area contributed by atoms with Gasteiger partial charge < -0.3 is 4.98 Å². The molecule has 0 amide bonds. The van der Waals surface area contributed by atoms with E-state index in [2.05, 4.69) is 53.3 Å². The molecule has 0 fully saturated rings. The third-order valence-corrected chi connectivity index (χ3v) is 3.56. The van der Waals surface area contributed by atoms with E-state index in [1.807, 2.05) is 24.4 Å². The lowest BCUT2D eigenvalue weighted by atomic mass is 10.0. The molecule has 0 aliphatic rings. The van der Waals surface area contributed by atoms with Gasteiger partial charge >= 0.3 is 0 Å². The number of imidazole rings is 1. The van der Waals surface area contributed by atoms with Crippen LogP contribution in [-0.4, -0.2) is 9.97 Å². The molecule has 100 valence electrons. The Bertz CT molecular complexity index is 683. The highest BCUT2D eigenvalue weighted by Gasteiger charge is 2.06. The molecule has 1 N–H and O–H groups in total. The van der Waals surface area contributed by atoms with Crippen LogP contribution in [-0.2, 0) is 12.8 Å². The lowest BCUT2D eigenvalue weighted by Gasteiger charge is -2.05. The van der Waals surface area contributed by atoms with Crippen LogP contribution in [0.5, 0.6) is 0 Å². The predicted octanol–water partition coefficient (Wildman–Crippen LogP) is 4.23. The number of benzene rings is 2. The first-order chi connectivity index (χ1) is 9.86. The fraction of sp³-hybridized carbons (Fsp3) is 0.167.